The van der Waals surface area contributed by atoms with Crippen LogP contribution in [0.15, 0.2) is 36.4 Å². The van der Waals surface area contributed by atoms with Gasteiger partial charge in [-0.15, -0.1) is 23.7 Å². The van der Waals surface area contributed by atoms with Gasteiger partial charge >= 0.3 is 0 Å². The first-order chi connectivity index (χ1) is 10.7. The molecule has 2 fully saturated rings. The van der Waals surface area contributed by atoms with E-state index in [4.69, 9.17) is 0 Å². The van der Waals surface area contributed by atoms with Crippen molar-refractivity contribution in [2.45, 2.75) is 19.4 Å². The van der Waals surface area contributed by atoms with Gasteiger partial charge in [-0.3, -0.25) is 4.90 Å². The molecule has 124 valence electrons. The number of hydrogen-bond acceptors (Lipinski definition) is 3. The molecule has 1 aromatic carbocycles. The second-order valence-corrected chi connectivity index (χ2v) is 7.80. The Morgan fingerprint density at radius 3 is 2.83 bits per heavy atom. The van der Waals surface area contributed by atoms with Gasteiger partial charge in [0.05, 0.1) is 0 Å². The van der Waals surface area contributed by atoms with E-state index in [1.807, 2.05) is 12.1 Å². The monoisotopic (exact) mass is 352 g/mol. The first-order valence-corrected chi connectivity index (χ1v) is 8.83. The van der Waals surface area contributed by atoms with Crippen LogP contribution in [0.25, 0.3) is 10.4 Å². The van der Waals surface area contributed by atoms with E-state index in [0.29, 0.717) is 5.41 Å². The molecule has 0 aliphatic carbocycles. The van der Waals surface area contributed by atoms with Crippen LogP contribution in [0.5, 0.6) is 0 Å². The highest BCUT2D eigenvalue weighted by molar-refractivity contribution is 7.15. The van der Waals surface area contributed by atoms with Crippen molar-refractivity contribution in [3.05, 3.63) is 47.1 Å². The van der Waals surface area contributed by atoms with Crippen molar-refractivity contribution < 1.29 is 4.39 Å². The molecular weight excluding hydrogens is 331 g/mol. The van der Waals surface area contributed by atoms with Crippen LogP contribution in [0.1, 0.15) is 17.7 Å². The largest absolute Gasteiger partial charge is 0.316 e. The lowest BCUT2D eigenvalue weighted by Crippen LogP contribution is -2.28. The van der Waals surface area contributed by atoms with Crippen LogP contribution in [0.3, 0.4) is 0 Å². The third-order valence-electron chi connectivity index (χ3n) is 5.03. The molecule has 4 rings (SSSR count). The number of thiophene rings is 1. The first-order valence-electron chi connectivity index (χ1n) is 8.01. The smallest absolute Gasteiger partial charge is 0.131 e. The topological polar surface area (TPSA) is 15.3 Å². The number of nitrogens with one attached hydrogen (secondary N) is 1. The molecule has 2 aliphatic rings. The summed E-state index contributed by atoms with van der Waals surface area (Å²) in [6.45, 7) is 5.74. The standard InChI is InChI=1S/C18H21FN2S.ClH/c19-16-4-2-1-3-15(16)17-6-5-14(22-17)11-21-10-8-18(13-21)7-9-20-12-18;/h1-6,20H,7-13H2;1H. The lowest BCUT2D eigenvalue weighted by Gasteiger charge is -2.22. The third-order valence-corrected chi connectivity index (χ3v) is 6.13. The number of likely N-dealkylation sites (tertiary alicyclic amines) is 1. The van der Waals surface area contributed by atoms with E-state index in [0.717, 1.165) is 17.0 Å². The maximum absolute atomic E-state index is 13.9. The molecule has 5 heteroatoms. The van der Waals surface area contributed by atoms with Gasteiger partial charge in [-0.1, -0.05) is 18.2 Å². The molecule has 2 aromatic rings. The molecule has 2 nitrogen and oxygen atoms in total. The van der Waals surface area contributed by atoms with E-state index in [2.05, 4.69) is 22.3 Å². The molecule has 0 radical (unpaired) electrons. The molecule has 1 unspecified atom stereocenters. The van der Waals surface area contributed by atoms with Crippen molar-refractivity contribution >= 4 is 23.7 Å². The van der Waals surface area contributed by atoms with Crippen LogP contribution in [-0.2, 0) is 6.54 Å². The zero-order chi connectivity index (χ0) is 15.0. The fraction of sp³-hybridized carbons (Fsp3) is 0.444. The number of nitrogens with zero attached hydrogens (tertiary/aromatic N) is 1. The van der Waals surface area contributed by atoms with Gasteiger partial charge in [0, 0.05) is 35.0 Å². The Morgan fingerprint density at radius 2 is 2.04 bits per heavy atom. The summed E-state index contributed by atoms with van der Waals surface area (Å²) in [4.78, 5) is 4.93. The molecule has 23 heavy (non-hydrogen) atoms. The molecule has 2 saturated heterocycles. The maximum atomic E-state index is 13.9. The molecule has 3 heterocycles. The molecule has 0 amide bonds. The van der Waals surface area contributed by atoms with Gasteiger partial charge in [0.2, 0.25) is 0 Å². The minimum absolute atomic E-state index is 0. The van der Waals surface area contributed by atoms with Crippen LogP contribution in [0, 0.1) is 11.2 Å². The summed E-state index contributed by atoms with van der Waals surface area (Å²) < 4.78 is 13.9. The Bertz CT molecular complexity index is 667. The number of hydrogen-bond donors (Lipinski definition) is 1. The fourth-order valence-corrected chi connectivity index (χ4v) is 4.87. The number of halogens is 2. The van der Waals surface area contributed by atoms with Crippen LogP contribution in [0.4, 0.5) is 4.39 Å². The molecule has 1 N–H and O–H groups in total. The molecule has 1 spiro atoms. The molecular formula is C18H22ClFN2S. The summed E-state index contributed by atoms with van der Waals surface area (Å²) in [6, 6.07) is 11.2. The normalized spacial score (nSPS) is 24.2. The molecule has 0 saturated carbocycles. The lowest BCUT2D eigenvalue weighted by molar-refractivity contribution is 0.270. The van der Waals surface area contributed by atoms with Crippen molar-refractivity contribution in [2.75, 3.05) is 26.2 Å². The van der Waals surface area contributed by atoms with E-state index in [9.17, 15) is 4.39 Å². The summed E-state index contributed by atoms with van der Waals surface area (Å²) in [5, 5.41) is 3.51. The minimum atomic E-state index is -0.131. The van der Waals surface area contributed by atoms with Crippen molar-refractivity contribution in [1.82, 2.24) is 10.2 Å². The Hall–Kier alpha value is -0.940. The van der Waals surface area contributed by atoms with Crippen molar-refractivity contribution in [1.29, 1.82) is 0 Å². The zero-order valence-electron chi connectivity index (χ0n) is 13.1. The lowest BCUT2D eigenvalue weighted by atomic mass is 9.87. The summed E-state index contributed by atoms with van der Waals surface area (Å²) in [5.74, 6) is -0.131. The van der Waals surface area contributed by atoms with Crippen LogP contribution < -0.4 is 5.32 Å². The summed E-state index contributed by atoms with van der Waals surface area (Å²) in [6.07, 6.45) is 2.62. The van der Waals surface area contributed by atoms with Crippen LogP contribution >= 0.6 is 23.7 Å². The Kier molecular flexibility index (Phi) is 5.07. The van der Waals surface area contributed by atoms with E-state index in [1.54, 1.807) is 17.4 Å². The van der Waals surface area contributed by atoms with Gasteiger partial charge in [-0.25, -0.2) is 4.39 Å². The van der Waals surface area contributed by atoms with E-state index in [1.165, 1.54) is 50.0 Å². The zero-order valence-corrected chi connectivity index (χ0v) is 14.7. The van der Waals surface area contributed by atoms with E-state index < -0.39 is 0 Å². The molecule has 0 bridgehead atoms. The number of benzene rings is 1. The quantitative estimate of drug-likeness (QED) is 0.892. The minimum Gasteiger partial charge on any atom is -0.316 e. The van der Waals surface area contributed by atoms with Gasteiger partial charge in [-0.2, -0.15) is 0 Å². The predicted octanol–water partition coefficient (Wildman–Crippen LogP) is 4.16. The average molecular weight is 353 g/mol. The fourth-order valence-electron chi connectivity index (χ4n) is 3.80. The van der Waals surface area contributed by atoms with Crippen LogP contribution in [0.2, 0.25) is 0 Å². The Morgan fingerprint density at radius 1 is 1.17 bits per heavy atom. The summed E-state index contributed by atoms with van der Waals surface area (Å²) in [7, 11) is 0. The van der Waals surface area contributed by atoms with Gasteiger partial charge in [0.25, 0.3) is 0 Å². The van der Waals surface area contributed by atoms with Gasteiger partial charge in [-0.05, 0) is 49.5 Å². The first kappa shape index (κ1) is 16.9. The van der Waals surface area contributed by atoms with E-state index >= 15 is 0 Å². The van der Waals surface area contributed by atoms with Crippen molar-refractivity contribution in [3.8, 4) is 10.4 Å². The highest BCUT2D eigenvalue weighted by atomic mass is 35.5. The van der Waals surface area contributed by atoms with Gasteiger partial charge in [0.15, 0.2) is 0 Å². The molecule has 1 aromatic heterocycles. The van der Waals surface area contributed by atoms with Crippen molar-refractivity contribution in [3.63, 3.8) is 0 Å². The molecule has 2 aliphatic heterocycles. The second-order valence-electron chi connectivity index (χ2n) is 6.63. The predicted molar refractivity (Wildman–Crippen MR) is 96.8 cm³/mol. The van der Waals surface area contributed by atoms with E-state index in [-0.39, 0.29) is 18.2 Å². The maximum Gasteiger partial charge on any atom is 0.131 e. The highest BCUT2D eigenvalue weighted by Crippen LogP contribution is 2.37. The van der Waals surface area contributed by atoms with Crippen LogP contribution in [-0.4, -0.2) is 31.1 Å². The molecule has 1 atom stereocenters. The Labute approximate surface area is 147 Å². The SMILES string of the molecule is Cl.Fc1ccccc1-c1ccc(CN2CCC3(CCNC3)C2)s1. The second kappa shape index (κ2) is 6.89. The number of rotatable bonds is 3. The summed E-state index contributed by atoms with van der Waals surface area (Å²) in [5.41, 5.74) is 1.24. The van der Waals surface area contributed by atoms with Crippen molar-refractivity contribution in [2.24, 2.45) is 5.41 Å². The average Bonchev–Trinajstić information content (AvgIpc) is 3.24. The van der Waals surface area contributed by atoms with Gasteiger partial charge < -0.3 is 5.32 Å². The summed E-state index contributed by atoms with van der Waals surface area (Å²) >= 11 is 1.72. The Balaban J connectivity index is 0.00000156. The highest BCUT2D eigenvalue weighted by Gasteiger charge is 2.40. The van der Waals surface area contributed by atoms with Gasteiger partial charge in [0.1, 0.15) is 5.82 Å². The third kappa shape index (κ3) is 3.45.